The van der Waals surface area contributed by atoms with E-state index in [1.54, 1.807) is 24.3 Å². The van der Waals surface area contributed by atoms with Crippen molar-refractivity contribution >= 4 is 23.2 Å². The van der Waals surface area contributed by atoms with Crippen LogP contribution in [0.2, 0.25) is 10.0 Å². The molecule has 0 saturated heterocycles. The first-order valence-corrected chi connectivity index (χ1v) is 6.69. The standard InChI is InChI=1S/C15H14Cl2O2/c16-13-3-1-11(2-4-13)12(9-18)10-19-15-7-5-14(17)6-8-15/h1-8,12,18H,9-10H2. The van der Waals surface area contributed by atoms with E-state index in [0.717, 1.165) is 11.3 Å². The molecule has 2 aromatic rings. The smallest absolute Gasteiger partial charge is 0.119 e. The van der Waals surface area contributed by atoms with Crippen LogP contribution in [0.25, 0.3) is 0 Å². The average Bonchev–Trinajstić information content (AvgIpc) is 2.43. The molecule has 0 aliphatic heterocycles. The molecular weight excluding hydrogens is 283 g/mol. The van der Waals surface area contributed by atoms with E-state index in [9.17, 15) is 5.11 Å². The maximum Gasteiger partial charge on any atom is 0.119 e. The van der Waals surface area contributed by atoms with Crippen LogP contribution in [0.5, 0.6) is 5.75 Å². The van der Waals surface area contributed by atoms with E-state index in [0.29, 0.717) is 16.7 Å². The van der Waals surface area contributed by atoms with Gasteiger partial charge in [0.1, 0.15) is 5.75 Å². The van der Waals surface area contributed by atoms with Crippen molar-refractivity contribution in [3.8, 4) is 5.75 Å². The molecule has 0 heterocycles. The van der Waals surface area contributed by atoms with Gasteiger partial charge in [-0.2, -0.15) is 0 Å². The number of aliphatic hydroxyl groups is 1. The molecule has 0 spiro atoms. The van der Waals surface area contributed by atoms with Crippen LogP contribution >= 0.6 is 23.2 Å². The van der Waals surface area contributed by atoms with E-state index in [-0.39, 0.29) is 12.5 Å². The van der Waals surface area contributed by atoms with Crippen LogP contribution in [0.1, 0.15) is 11.5 Å². The van der Waals surface area contributed by atoms with Crippen LogP contribution in [0.4, 0.5) is 0 Å². The molecule has 0 fully saturated rings. The highest BCUT2D eigenvalue weighted by Crippen LogP contribution is 2.21. The summed E-state index contributed by atoms with van der Waals surface area (Å²) in [4.78, 5) is 0. The summed E-state index contributed by atoms with van der Waals surface area (Å²) in [5, 5.41) is 10.8. The Morgan fingerprint density at radius 2 is 1.42 bits per heavy atom. The molecule has 4 heteroatoms. The third kappa shape index (κ3) is 4.13. The van der Waals surface area contributed by atoms with E-state index >= 15 is 0 Å². The monoisotopic (exact) mass is 296 g/mol. The van der Waals surface area contributed by atoms with E-state index < -0.39 is 0 Å². The summed E-state index contributed by atoms with van der Waals surface area (Å²) in [6, 6.07) is 14.6. The van der Waals surface area contributed by atoms with Crippen molar-refractivity contribution in [2.45, 2.75) is 5.92 Å². The zero-order valence-electron chi connectivity index (χ0n) is 10.2. The summed E-state index contributed by atoms with van der Waals surface area (Å²) >= 11 is 11.6. The van der Waals surface area contributed by atoms with Gasteiger partial charge in [0.25, 0.3) is 0 Å². The van der Waals surface area contributed by atoms with Gasteiger partial charge >= 0.3 is 0 Å². The van der Waals surface area contributed by atoms with Crippen molar-refractivity contribution in [3.63, 3.8) is 0 Å². The Kier molecular flexibility index (Phi) is 5.08. The number of hydrogen-bond donors (Lipinski definition) is 1. The van der Waals surface area contributed by atoms with Crippen LogP contribution in [0.3, 0.4) is 0 Å². The van der Waals surface area contributed by atoms with Gasteiger partial charge in [0, 0.05) is 16.0 Å². The van der Waals surface area contributed by atoms with Crippen LogP contribution in [-0.4, -0.2) is 18.3 Å². The van der Waals surface area contributed by atoms with Gasteiger partial charge in [-0.15, -0.1) is 0 Å². The molecule has 2 rings (SSSR count). The Bertz CT molecular complexity index is 509. The summed E-state index contributed by atoms with van der Waals surface area (Å²) in [5.41, 5.74) is 1.00. The van der Waals surface area contributed by atoms with E-state index in [2.05, 4.69) is 0 Å². The predicted molar refractivity (Wildman–Crippen MR) is 78.2 cm³/mol. The minimum atomic E-state index is -0.0760. The lowest BCUT2D eigenvalue weighted by Crippen LogP contribution is -2.14. The Morgan fingerprint density at radius 1 is 0.895 bits per heavy atom. The predicted octanol–water partition coefficient (Wildman–Crippen LogP) is 4.15. The molecule has 100 valence electrons. The first kappa shape index (κ1) is 14.2. The van der Waals surface area contributed by atoms with Crippen molar-refractivity contribution in [3.05, 3.63) is 64.1 Å². The fourth-order valence-corrected chi connectivity index (χ4v) is 1.97. The van der Waals surface area contributed by atoms with Crippen LogP contribution in [0.15, 0.2) is 48.5 Å². The van der Waals surface area contributed by atoms with Gasteiger partial charge in [0.15, 0.2) is 0 Å². The molecule has 19 heavy (non-hydrogen) atoms. The number of ether oxygens (including phenoxy) is 1. The van der Waals surface area contributed by atoms with Gasteiger partial charge in [-0.1, -0.05) is 35.3 Å². The van der Waals surface area contributed by atoms with E-state index in [1.165, 1.54) is 0 Å². The zero-order chi connectivity index (χ0) is 13.7. The zero-order valence-corrected chi connectivity index (χ0v) is 11.7. The van der Waals surface area contributed by atoms with Gasteiger partial charge in [-0.3, -0.25) is 0 Å². The summed E-state index contributed by atoms with van der Waals surface area (Å²) < 4.78 is 5.65. The molecule has 2 nitrogen and oxygen atoms in total. The molecule has 0 bridgehead atoms. The third-order valence-electron chi connectivity index (χ3n) is 2.83. The fraction of sp³-hybridized carbons (Fsp3) is 0.200. The second kappa shape index (κ2) is 6.80. The van der Waals surface area contributed by atoms with Crippen molar-refractivity contribution in [1.29, 1.82) is 0 Å². The van der Waals surface area contributed by atoms with Gasteiger partial charge < -0.3 is 9.84 Å². The van der Waals surface area contributed by atoms with Crippen molar-refractivity contribution in [2.24, 2.45) is 0 Å². The summed E-state index contributed by atoms with van der Waals surface area (Å²) in [7, 11) is 0. The van der Waals surface area contributed by atoms with Crippen molar-refractivity contribution in [1.82, 2.24) is 0 Å². The SMILES string of the molecule is OCC(COc1ccc(Cl)cc1)c1ccc(Cl)cc1. The Balaban J connectivity index is 1.99. The Hall–Kier alpha value is -1.22. The van der Waals surface area contributed by atoms with Crippen LogP contribution in [-0.2, 0) is 0 Å². The summed E-state index contributed by atoms with van der Waals surface area (Å²) in [5.74, 6) is 0.657. The first-order chi connectivity index (χ1) is 9.19. The van der Waals surface area contributed by atoms with Gasteiger partial charge in [-0.05, 0) is 42.0 Å². The molecule has 1 unspecified atom stereocenters. The Labute approximate surface area is 122 Å². The second-order valence-corrected chi connectivity index (χ2v) is 5.07. The number of benzene rings is 2. The average molecular weight is 297 g/mol. The maximum atomic E-state index is 9.44. The highest BCUT2D eigenvalue weighted by Gasteiger charge is 2.11. The minimum Gasteiger partial charge on any atom is -0.493 e. The van der Waals surface area contributed by atoms with Crippen molar-refractivity contribution in [2.75, 3.05) is 13.2 Å². The first-order valence-electron chi connectivity index (χ1n) is 5.93. The molecular formula is C15H14Cl2O2. The fourth-order valence-electron chi connectivity index (χ4n) is 1.72. The van der Waals surface area contributed by atoms with Crippen LogP contribution in [0, 0.1) is 0 Å². The quantitative estimate of drug-likeness (QED) is 0.898. The lowest BCUT2D eigenvalue weighted by Gasteiger charge is -2.16. The summed E-state index contributed by atoms with van der Waals surface area (Å²) in [6.45, 7) is 0.426. The lowest BCUT2D eigenvalue weighted by molar-refractivity contribution is 0.205. The number of aliphatic hydroxyl groups excluding tert-OH is 1. The summed E-state index contributed by atoms with van der Waals surface area (Å²) in [6.07, 6.45) is 0. The molecule has 0 aliphatic carbocycles. The number of rotatable bonds is 5. The van der Waals surface area contributed by atoms with E-state index in [1.807, 2.05) is 24.3 Å². The molecule has 0 radical (unpaired) electrons. The topological polar surface area (TPSA) is 29.5 Å². The van der Waals surface area contributed by atoms with Gasteiger partial charge in [0.05, 0.1) is 13.2 Å². The lowest BCUT2D eigenvalue weighted by atomic mass is 10.0. The highest BCUT2D eigenvalue weighted by molar-refractivity contribution is 6.30. The highest BCUT2D eigenvalue weighted by atomic mass is 35.5. The molecule has 0 saturated carbocycles. The molecule has 0 aromatic heterocycles. The molecule has 1 atom stereocenters. The number of halogens is 2. The number of hydrogen-bond acceptors (Lipinski definition) is 2. The second-order valence-electron chi connectivity index (χ2n) is 4.20. The molecule has 0 amide bonds. The van der Waals surface area contributed by atoms with Crippen molar-refractivity contribution < 1.29 is 9.84 Å². The Morgan fingerprint density at radius 3 is 1.95 bits per heavy atom. The van der Waals surface area contributed by atoms with Gasteiger partial charge in [0.2, 0.25) is 0 Å². The minimum absolute atomic E-state index is 0.0230. The van der Waals surface area contributed by atoms with Crippen LogP contribution < -0.4 is 4.74 Å². The molecule has 0 aliphatic rings. The largest absolute Gasteiger partial charge is 0.493 e. The normalized spacial score (nSPS) is 12.2. The van der Waals surface area contributed by atoms with E-state index in [4.69, 9.17) is 27.9 Å². The van der Waals surface area contributed by atoms with Gasteiger partial charge in [-0.25, -0.2) is 0 Å². The molecule has 2 aromatic carbocycles. The third-order valence-corrected chi connectivity index (χ3v) is 3.33. The maximum absolute atomic E-state index is 9.44. The molecule has 1 N–H and O–H groups in total.